The molecule has 2 aliphatic heterocycles. The van der Waals surface area contributed by atoms with Crippen molar-refractivity contribution in [3.8, 4) is 0 Å². The van der Waals surface area contributed by atoms with E-state index in [1.165, 1.54) is 0 Å². The van der Waals surface area contributed by atoms with Crippen LogP contribution in [0.1, 0.15) is 26.7 Å². The van der Waals surface area contributed by atoms with E-state index < -0.39 is 23.8 Å². The molecule has 19 heavy (non-hydrogen) atoms. The van der Waals surface area contributed by atoms with Gasteiger partial charge in [0, 0.05) is 5.75 Å². The van der Waals surface area contributed by atoms with E-state index >= 15 is 0 Å². The van der Waals surface area contributed by atoms with E-state index in [0.717, 1.165) is 18.6 Å². The second-order valence-electron chi connectivity index (χ2n) is 5.27. The molecule has 2 rings (SSSR count). The van der Waals surface area contributed by atoms with Crippen molar-refractivity contribution in [1.82, 2.24) is 0 Å². The molecule has 0 spiro atoms. The average molecular weight is 288 g/mol. The summed E-state index contributed by atoms with van der Waals surface area (Å²) < 4.78 is 10.7. The molecule has 2 bridgehead atoms. The van der Waals surface area contributed by atoms with Crippen LogP contribution in [0.2, 0.25) is 0 Å². The average Bonchev–Trinajstić information content (AvgIpc) is 2.93. The zero-order chi connectivity index (χ0) is 14.0. The molecule has 108 valence electrons. The van der Waals surface area contributed by atoms with Crippen molar-refractivity contribution < 1.29 is 24.2 Å². The maximum Gasteiger partial charge on any atom is 0.312 e. The predicted octanol–water partition coefficient (Wildman–Crippen LogP) is 1.55. The van der Waals surface area contributed by atoms with Crippen LogP contribution in [0, 0.1) is 11.8 Å². The van der Waals surface area contributed by atoms with Gasteiger partial charge >= 0.3 is 11.9 Å². The smallest absolute Gasteiger partial charge is 0.312 e. The highest BCUT2D eigenvalue weighted by Gasteiger charge is 2.56. The van der Waals surface area contributed by atoms with Crippen LogP contribution in [0.5, 0.6) is 0 Å². The number of carboxylic acids is 1. The molecule has 5 nitrogen and oxygen atoms in total. The van der Waals surface area contributed by atoms with Crippen LogP contribution in [0.3, 0.4) is 0 Å². The molecule has 2 heterocycles. The Morgan fingerprint density at radius 3 is 2.53 bits per heavy atom. The van der Waals surface area contributed by atoms with Crippen molar-refractivity contribution in [3.05, 3.63) is 0 Å². The van der Waals surface area contributed by atoms with E-state index in [9.17, 15) is 14.7 Å². The Balaban J connectivity index is 1.86. The Morgan fingerprint density at radius 1 is 1.32 bits per heavy atom. The normalized spacial score (nSPS) is 32.8. The van der Waals surface area contributed by atoms with Crippen molar-refractivity contribution >= 4 is 23.7 Å². The number of carboxylic acid groups (broad SMARTS) is 1. The van der Waals surface area contributed by atoms with Crippen LogP contribution in [-0.2, 0) is 19.1 Å². The van der Waals surface area contributed by atoms with Gasteiger partial charge in [-0.2, -0.15) is 11.8 Å². The summed E-state index contributed by atoms with van der Waals surface area (Å²) in [7, 11) is 0. The predicted molar refractivity (Wildman–Crippen MR) is 71.1 cm³/mol. The number of rotatable bonds is 6. The number of aliphatic carboxylic acids is 1. The van der Waals surface area contributed by atoms with Gasteiger partial charge in [-0.05, 0) is 18.1 Å². The standard InChI is InChI=1S/C13H20O5S/c1-7(2)19-6-5-17-13(16)11-9-4-3-8(18-9)10(11)12(14)15/h7-11H,3-6H2,1-2H3,(H,14,15). The molecule has 2 fully saturated rings. The summed E-state index contributed by atoms with van der Waals surface area (Å²) in [6.45, 7) is 4.50. The number of thioether (sulfide) groups is 1. The minimum Gasteiger partial charge on any atom is -0.481 e. The Bertz CT molecular complexity index is 357. The van der Waals surface area contributed by atoms with E-state index in [2.05, 4.69) is 13.8 Å². The maximum atomic E-state index is 12.0. The van der Waals surface area contributed by atoms with Crippen molar-refractivity contribution in [2.45, 2.75) is 44.1 Å². The fourth-order valence-electron chi connectivity index (χ4n) is 2.81. The van der Waals surface area contributed by atoms with E-state index in [-0.39, 0.29) is 12.2 Å². The largest absolute Gasteiger partial charge is 0.481 e. The van der Waals surface area contributed by atoms with Crippen LogP contribution < -0.4 is 0 Å². The Hall–Kier alpha value is -0.750. The minimum atomic E-state index is -0.953. The van der Waals surface area contributed by atoms with Gasteiger partial charge < -0.3 is 14.6 Å². The third kappa shape index (κ3) is 3.23. The summed E-state index contributed by atoms with van der Waals surface area (Å²) in [4.78, 5) is 23.3. The first-order chi connectivity index (χ1) is 9.00. The Labute approximate surface area is 117 Å². The van der Waals surface area contributed by atoms with E-state index in [4.69, 9.17) is 9.47 Å². The molecule has 0 aromatic rings. The van der Waals surface area contributed by atoms with Crippen molar-refractivity contribution in [3.63, 3.8) is 0 Å². The first-order valence-electron chi connectivity index (χ1n) is 6.67. The lowest BCUT2D eigenvalue weighted by atomic mass is 9.79. The molecule has 0 aromatic carbocycles. The molecule has 0 aromatic heterocycles. The lowest BCUT2D eigenvalue weighted by molar-refractivity contribution is -0.157. The Kier molecular flexibility index (Phi) is 4.73. The molecule has 4 atom stereocenters. The van der Waals surface area contributed by atoms with Crippen LogP contribution in [-0.4, -0.2) is 46.9 Å². The number of hydrogen-bond acceptors (Lipinski definition) is 5. The second-order valence-corrected chi connectivity index (χ2v) is 6.95. The molecule has 1 N–H and O–H groups in total. The van der Waals surface area contributed by atoms with Gasteiger partial charge in [0.05, 0.1) is 24.0 Å². The van der Waals surface area contributed by atoms with Crippen LogP contribution in [0.25, 0.3) is 0 Å². The summed E-state index contributed by atoms with van der Waals surface area (Å²) >= 11 is 1.71. The highest BCUT2D eigenvalue weighted by atomic mass is 32.2. The molecule has 0 aliphatic carbocycles. The summed E-state index contributed by atoms with van der Waals surface area (Å²) in [5.41, 5.74) is 0. The van der Waals surface area contributed by atoms with Gasteiger partial charge in [0.15, 0.2) is 0 Å². The molecule has 6 heteroatoms. The number of fused-ring (bicyclic) bond motifs is 2. The van der Waals surface area contributed by atoms with Crippen LogP contribution >= 0.6 is 11.8 Å². The highest BCUT2D eigenvalue weighted by Crippen LogP contribution is 2.44. The van der Waals surface area contributed by atoms with Gasteiger partial charge in [0.2, 0.25) is 0 Å². The van der Waals surface area contributed by atoms with Gasteiger partial charge in [0.1, 0.15) is 6.61 Å². The quantitative estimate of drug-likeness (QED) is 0.590. The highest BCUT2D eigenvalue weighted by molar-refractivity contribution is 7.99. The lowest BCUT2D eigenvalue weighted by Crippen LogP contribution is -2.39. The SMILES string of the molecule is CC(C)SCCOC(=O)C1C2CCC(O2)C1C(=O)O. The molecule has 4 unspecified atom stereocenters. The first-order valence-corrected chi connectivity index (χ1v) is 7.72. The zero-order valence-electron chi connectivity index (χ0n) is 11.2. The van der Waals surface area contributed by atoms with Crippen molar-refractivity contribution in [2.24, 2.45) is 11.8 Å². The molecule has 0 radical (unpaired) electrons. The summed E-state index contributed by atoms with van der Waals surface area (Å²) in [5.74, 6) is -1.98. The molecular weight excluding hydrogens is 268 g/mol. The number of hydrogen-bond donors (Lipinski definition) is 1. The topological polar surface area (TPSA) is 72.8 Å². The molecule has 0 saturated carbocycles. The summed E-state index contributed by atoms with van der Waals surface area (Å²) in [5, 5.41) is 9.70. The van der Waals surface area contributed by atoms with E-state index in [0.29, 0.717) is 11.9 Å². The van der Waals surface area contributed by atoms with Gasteiger partial charge in [-0.25, -0.2) is 0 Å². The zero-order valence-corrected chi connectivity index (χ0v) is 12.0. The van der Waals surface area contributed by atoms with Gasteiger partial charge in [-0.1, -0.05) is 13.8 Å². The number of carbonyl (C=O) groups is 2. The lowest BCUT2D eigenvalue weighted by Gasteiger charge is -2.23. The fourth-order valence-corrected chi connectivity index (χ4v) is 3.46. The molecule has 0 amide bonds. The second kappa shape index (κ2) is 6.13. The fraction of sp³-hybridized carbons (Fsp3) is 0.846. The van der Waals surface area contributed by atoms with Gasteiger partial charge in [-0.15, -0.1) is 0 Å². The molecule has 2 aliphatic rings. The van der Waals surface area contributed by atoms with Crippen molar-refractivity contribution in [1.29, 1.82) is 0 Å². The third-order valence-electron chi connectivity index (χ3n) is 3.61. The third-order valence-corrected chi connectivity index (χ3v) is 4.68. The maximum absolute atomic E-state index is 12.0. The summed E-state index contributed by atoms with van der Waals surface area (Å²) in [6.07, 6.45) is 0.908. The van der Waals surface area contributed by atoms with Gasteiger partial charge in [-0.3, -0.25) is 9.59 Å². The van der Waals surface area contributed by atoms with Crippen molar-refractivity contribution in [2.75, 3.05) is 12.4 Å². The number of carbonyl (C=O) groups excluding carboxylic acids is 1. The minimum absolute atomic E-state index is 0.267. The van der Waals surface area contributed by atoms with E-state index in [1.54, 1.807) is 11.8 Å². The molecular formula is C13H20O5S. The molecule has 2 saturated heterocycles. The summed E-state index contributed by atoms with van der Waals surface area (Å²) in [6, 6.07) is 0. The monoisotopic (exact) mass is 288 g/mol. The Morgan fingerprint density at radius 2 is 1.95 bits per heavy atom. The van der Waals surface area contributed by atoms with Crippen LogP contribution in [0.4, 0.5) is 0 Å². The first kappa shape index (κ1) is 14.7. The van der Waals surface area contributed by atoms with Gasteiger partial charge in [0.25, 0.3) is 0 Å². The van der Waals surface area contributed by atoms with E-state index in [1.807, 2.05) is 0 Å². The van der Waals surface area contributed by atoms with Crippen LogP contribution in [0.15, 0.2) is 0 Å². The number of esters is 1. The number of ether oxygens (including phenoxy) is 2.